The van der Waals surface area contributed by atoms with Crippen LogP contribution in [0.15, 0.2) is 200 Å². The normalized spacial score (nSPS) is 12.4. The van der Waals surface area contributed by atoms with Crippen LogP contribution in [-0.4, -0.2) is 23.5 Å². The third-order valence-electron chi connectivity index (χ3n) is 13.7. The summed E-state index contributed by atoms with van der Waals surface area (Å²) in [6, 6.07) is 72.7. The molecular weight excluding hydrogens is 767 g/mol. The Morgan fingerprint density at radius 3 is 1.68 bits per heavy atom. The lowest BCUT2D eigenvalue weighted by Gasteiger charge is -2.15. The summed E-state index contributed by atoms with van der Waals surface area (Å²) in [5, 5.41) is 15.0. The van der Waals surface area contributed by atoms with Crippen molar-refractivity contribution in [2.75, 3.05) is 0 Å². The van der Waals surface area contributed by atoms with Crippen LogP contribution in [0.3, 0.4) is 0 Å². The molecule has 5 aromatic heterocycles. The second kappa shape index (κ2) is 12.1. The number of aromatic nitrogens is 5. The molecule has 5 nitrogen and oxygen atoms in total. The largest absolute Gasteiger partial charge is 0.309 e. The van der Waals surface area contributed by atoms with Gasteiger partial charge in [-0.25, -0.2) is 9.97 Å². The third kappa shape index (κ3) is 4.30. The molecule has 10 aromatic carbocycles. The van der Waals surface area contributed by atoms with Gasteiger partial charge in [0.25, 0.3) is 0 Å². The second-order valence-corrected chi connectivity index (χ2v) is 16.9. The molecule has 0 bridgehead atoms. The lowest BCUT2D eigenvalue weighted by atomic mass is 10.0. The first kappa shape index (κ1) is 33.2. The second-order valence-electron chi connectivity index (χ2n) is 16.9. The van der Waals surface area contributed by atoms with Crippen LogP contribution in [0.25, 0.3) is 137 Å². The van der Waals surface area contributed by atoms with Crippen molar-refractivity contribution in [1.29, 1.82) is 0 Å². The summed E-state index contributed by atoms with van der Waals surface area (Å²) in [6.45, 7) is 0. The molecule has 5 heterocycles. The monoisotopic (exact) mass is 799 g/mol. The van der Waals surface area contributed by atoms with E-state index >= 15 is 0 Å². The molecule has 0 aliphatic carbocycles. The van der Waals surface area contributed by atoms with Gasteiger partial charge in [-0.3, -0.25) is 4.57 Å². The standard InChI is InChI=1S/C58H33N5/c1-3-15-38-34(13-1)28-32-50-52(38)41-18-6-12-24-49(41)63(50)58-55(59-45-20-8-9-21-46(45)60-58)36-25-29-37(30-26-36)61-51-33-44-40-17-5-10-22-47(40)62-48-23-11-7-19-42(48)54(57(44)62)53(51)43-31-27-35-14-2-4-16-39(35)56(43)61/h1-33H. The molecule has 0 spiro atoms. The molecule has 63 heavy (non-hydrogen) atoms. The summed E-state index contributed by atoms with van der Waals surface area (Å²) in [5.41, 5.74) is 13.0. The minimum absolute atomic E-state index is 0.811. The molecule has 0 saturated heterocycles. The van der Waals surface area contributed by atoms with Gasteiger partial charge in [-0.05, 0) is 70.8 Å². The highest BCUT2D eigenvalue weighted by Crippen LogP contribution is 2.48. The van der Waals surface area contributed by atoms with E-state index in [4.69, 9.17) is 9.97 Å². The molecule has 0 amide bonds. The number of rotatable bonds is 3. The fourth-order valence-electron chi connectivity index (χ4n) is 11.1. The van der Waals surface area contributed by atoms with Crippen molar-refractivity contribution >= 4 is 114 Å². The van der Waals surface area contributed by atoms with Crippen molar-refractivity contribution in [1.82, 2.24) is 23.5 Å². The van der Waals surface area contributed by atoms with Gasteiger partial charge in [0.15, 0.2) is 5.82 Å². The Hall–Kier alpha value is -8.54. The Morgan fingerprint density at radius 1 is 0.317 bits per heavy atom. The fraction of sp³-hybridized carbons (Fsp3) is 0. The van der Waals surface area contributed by atoms with Crippen LogP contribution in [0.5, 0.6) is 0 Å². The Morgan fingerprint density at radius 2 is 0.905 bits per heavy atom. The van der Waals surface area contributed by atoms with Crippen LogP contribution in [0.2, 0.25) is 0 Å². The van der Waals surface area contributed by atoms with Crippen LogP contribution in [0, 0.1) is 0 Å². The Bertz CT molecular complexity index is 4430. The van der Waals surface area contributed by atoms with Crippen molar-refractivity contribution in [2.45, 2.75) is 0 Å². The Labute approximate surface area is 359 Å². The minimum Gasteiger partial charge on any atom is -0.309 e. The van der Waals surface area contributed by atoms with Crippen LogP contribution in [0.1, 0.15) is 0 Å². The number of fused-ring (bicyclic) bond motifs is 18. The van der Waals surface area contributed by atoms with E-state index in [1.807, 2.05) is 12.1 Å². The van der Waals surface area contributed by atoms with E-state index in [9.17, 15) is 0 Å². The average molecular weight is 800 g/mol. The predicted octanol–water partition coefficient (Wildman–Crippen LogP) is 14.9. The summed E-state index contributed by atoms with van der Waals surface area (Å²) >= 11 is 0. The molecule has 0 N–H and O–H groups in total. The average Bonchev–Trinajstić information content (AvgIpc) is 4.08. The van der Waals surface area contributed by atoms with Gasteiger partial charge >= 0.3 is 0 Å². The van der Waals surface area contributed by atoms with E-state index in [1.54, 1.807) is 0 Å². The van der Waals surface area contributed by atoms with Crippen molar-refractivity contribution in [3.8, 4) is 22.8 Å². The zero-order valence-corrected chi connectivity index (χ0v) is 33.8. The zero-order valence-electron chi connectivity index (χ0n) is 33.8. The van der Waals surface area contributed by atoms with Crippen molar-refractivity contribution in [3.05, 3.63) is 200 Å². The highest BCUT2D eigenvalue weighted by molar-refractivity contribution is 6.37. The number of hydrogen-bond donors (Lipinski definition) is 0. The van der Waals surface area contributed by atoms with E-state index in [2.05, 4.69) is 202 Å². The van der Waals surface area contributed by atoms with Crippen LogP contribution in [0.4, 0.5) is 0 Å². The maximum absolute atomic E-state index is 5.45. The van der Waals surface area contributed by atoms with Gasteiger partial charge < -0.3 is 8.97 Å². The zero-order chi connectivity index (χ0) is 40.9. The summed E-state index contributed by atoms with van der Waals surface area (Å²) < 4.78 is 7.31. The summed E-state index contributed by atoms with van der Waals surface area (Å²) in [4.78, 5) is 10.9. The highest BCUT2D eigenvalue weighted by Gasteiger charge is 2.26. The Kier molecular flexibility index (Phi) is 6.36. The molecule has 15 rings (SSSR count). The van der Waals surface area contributed by atoms with E-state index in [0.29, 0.717) is 0 Å². The molecule has 15 aromatic rings. The Balaban J connectivity index is 1.03. The van der Waals surface area contributed by atoms with Crippen LogP contribution >= 0.6 is 0 Å². The molecule has 0 saturated carbocycles. The molecule has 0 unspecified atom stereocenters. The van der Waals surface area contributed by atoms with Crippen LogP contribution in [-0.2, 0) is 0 Å². The number of para-hydroxylation sites is 5. The highest BCUT2D eigenvalue weighted by atomic mass is 15.1. The number of nitrogens with zero attached hydrogens (tertiary/aromatic N) is 5. The van der Waals surface area contributed by atoms with Gasteiger partial charge in [-0.15, -0.1) is 0 Å². The van der Waals surface area contributed by atoms with E-state index in [0.717, 1.165) is 44.8 Å². The molecule has 0 aliphatic heterocycles. The van der Waals surface area contributed by atoms with Gasteiger partial charge in [0.2, 0.25) is 0 Å². The quantitative estimate of drug-likeness (QED) is 0.179. The number of hydrogen-bond acceptors (Lipinski definition) is 2. The summed E-state index contributed by atoms with van der Waals surface area (Å²) in [5.74, 6) is 0.811. The molecule has 0 radical (unpaired) electrons. The van der Waals surface area contributed by atoms with Gasteiger partial charge in [0, 0.05) is 59.7 Å². The first-order valence-electron chi connectivity index (χ1n) is 21.6. The van der Waals surface area contributed by atoms with Gasteiger partial charge in [-0.2, -0.15) is 0 Å². The molecular formula is C58H33N5. The molecule has 0 aliphatic rings. The number of benzene rings is 10. The van der Waals surface area contributed by atoms with Crippen molar-refractivity contribution in [2.24, 2.45) is 0 Å². The maximum atomic E-state index is 5.45. The van der Waals surface area contributed by atoms with E-state index in [1.165, 1.54) is 92.2 Å². The first-order valence-corrected chi connectivity index (χ1v) is 21.6. The first-order chi connectivity index (χ1) is 31.3. The molecule has 0 atom stereocenters. The molecule has 0 fully saturated rings. The summed E-state index contributed by atoms with van der Waals surface area (Å²) in [7, 11) is 0. The lowest BCUT2D eigenvalue weighted by Crippen LogP contribution is -2.04. The minimum atomic E-state index is 0.811. The van der Waals surface area contributed by atoms with Crippen LogP contribution < -0.4 is 0 Å². The molecule has 5 heteroatoms. The topological polar surface area (TPSA) is 40.0 Å². The predicted molar refractivity (Wildman–Crippen MR) is 263 cm³/mol. The van der Waals surface area contributed by atoms with Gasteiger partial charge in [-0.1, -0.05) is 146 Å². The third-order valence-corrected chi connectivity index (χ3v) is 13.7. The van der Waals surface area contributed by atoms with Gasteiger partial charge in [0.05, 0.1) is 49.7 Å². The van der Waals surface area contributed by atoms with Crippen molar-refractivity contribution < 1.29 is 0 Å². The fourth-order valence-corrected chi connectivity index (χ4v) is 11.1. The van der Waals surface area contributed by atoms with E-state index in [-0.39, 0.29) is 0 Å². The smallest absolute Gasteiger partial charge is 0.165 e. The van der Waals surface area contributed by atoms with Crippen molar-refractivity contribution in [3.63, 3.8) is 0 Å². The summed E-state index contributed by atoms with van der Waals surface area (Å²) in [6.07, 6.45) is 0. The maximum Gasteiger partial charge on any atom is 0.165 e. The SMILES string of the molecule is c1ccc2c(c1)ccc1c2c2ccccc2n1-c1nc2ccccc2nc1-c1ccc(-n2c3cc4c5ccccc5n5c6ccccc6c(c3c3ccc6ccccc6c32)c45)cc1. The van der Waals surface area contributed by atoms with Gasteiger partial charge in [0.1, 0.15) is 5.69 Å². The molecule has 290 valence electrons. The van der Waals surface area contributed by atoms with E-state index < -0.39 is 0 Å². The lowest BCUT2D eigenvalue weighted by molar-refractivity contribution is 1.08.